The molecular weight excluding hydrogens is 267 g/mol. The van der Waals surface area contributed by atoms with Crippen molar-refractivity contribution >= 4 is 23.6 Å². The molecule has 0 unspecified atom stereocenters. The number of aliphatic carboxylic acids is 1. The summed E-state index contributed by atoms with van der Waals surface area (Å²) in [7, 11) is 0. The molecule has 3 N–H and O–H groups in total. The van der Waals surface area contributed by atoms with Gasteiger partial charge in [-0.05, 0) is 31.0 Å². The zero-order valence-electron chi connectivity index (χ0n) is 10.9. The van der Waals surface area contributed by atoms with E-state index in [1.54, 1.807) is 13.0 Å². The maximum Gasteiger partial charge on any atom is 0.325 e. The molecule has 1 aromatic rings. The summed E-state index contributed by atoms with van der Waals surface area (Å²) in [5.41, 5.74) is 0.732. The highest BCUT2D eigenvalue weighted by molar-refractivity contribution is 6.01. The number of carbonyl (C=O) groups excluding carboxylic acids is 2. The Kier molecular flexibility index (Phi) is 5.64. The van der Waals surface area contributed by atoms with E-state index in [1.807, 2.05) is 5.32 Å². The quantitative estimate of drug-likeness (QED) is 0.770. The maximum atomic E-state index is 13.4. The smallest absolute Gasteiger partial charge is 0.325 e. The van der Waals surface area contributed by atoms with Gasteiger partial charge in [-0.1, -0.05) is 6.07 Å². The second-order valence-corrected chi connectivity index (χ2v) is 4.23. The Morgan fingerprint density at radius 2 is 1.95 bits per heavy atom. The number of nitrogens with one attached hydrogen (secondary N) is 2. The first kappa shape index (κ1) is 15.6. The van der Waals surface area contributed by atoms with Crippen LogP contribution < -0.4 is 10.6 Å². The maximum absolute atomic E-state index is 13.4. The zero-order valence-corrected chi connectivity index (χ0v) is 10.9. The number of hydrogen-bond donors (Lipinski definition) is 3. The average molecular weight is 282 g/mol. The summed E-state index contributed by atoms with van der Waals surface area (Å²) in [4.78, 5) is 33.0. The number of carboxylic acid groups (broad SMARTS) is 1. The van der Waals surface area contributed by atoms with Gasteiger partial charge in [-0.2, -0.15) is 0 Å². The van der Waals surface area contributed by atoms with Crippen LogP contribution in [0.4, 0.5) is 14.9 Å². The number of carbonyl (C=O) groups is 3. The summed E-state index contributed by atoms with van der Waals surface area (Å²) in [5, 5.41) is 12.6. The molecule has 0 spiro atoms. The van der Waals surface area contributed by atoms with Gasteiger partial charge in [0.05, 0.1) is 5.69 Å². The molecule has 0 aliphatic heterocycles. The monoisotopic (exact) mass is 282 g/mol. The highest BCUT2D eigenvalue weighted by Gasteiger charge is 2.11. The van der Waals surface area contributed by atoms with E-state index in [2.05, 4.69) is 5.32 Å². The van der Waals surface area contributed by atoms with Gasteiger partial charge < -0.3 is 10.4 Å². The number of carboxylic acids is 1. The first-order chi connectivity index (χ1) is 9.38. The lowest BCUT2D eigenvalue weighted by Gasteiger charge is -2.08. The largest absolute Gasteiger partial charge is 0.481 e. The van der Waals surface area contributed by atoms with Crippen molar-refractivity contribution in [3.63, 3.8) is 0 Å². The minimum Gasteiger partial charge on any atom is -0.481 e. The molecule has 7 heteroatoms. The molecule has 0 aliphatic carbocycles. The van der Waals surface area contributed by atoms with E-state index in [0.717, 1.165) is 5.56 Å². The normalized spacial score (nSPS) is 9.90. The van der Waals surface area contributed by atoms with Crippen LogP contribution in [0.3, 0.4) is 0 Å². The van der Waals surface area contributed by atoms with Gasteiger partial charge in [0, 0.05) is 12.8 Å². The van der Waals surface area contributed by atoms with Crippen molar-refractivity contribution in [3.8, 4) is 0 Å². The third-order valence-electron chi connectivity index (χ3n) is 2.42. The van der Waals surface area contributed by atoms with Gasteiger partial charge in [0.1, 0.15) is 5.82 Å². The number of halogens is 1. The van der Waals surface area contributed by atoms with Gasteiger partial charge in [0.15, 0.2) is 0 Å². The van der Waals surface area contributed by atoms with E-state index in [9.17, 15) is 18.8 Å². The number of hydrogen-bond acceptors (Lipinski definition) is 3. The van der Waals surface area contributed by atoms with Crippen LogP contribution in [0.2, 0.25) is 0 Å². The van der Waals surface area contributed by atoms with Crippen LogP contribution in [0.15, 0.2) is 18.2 Å². The predicted molar refractivity (Wildman–Crippen MR) is 69.8 cm³/mol. The fourth-order valence-corrected chi connectivity index (χ4v) is 1.48. The fraction of sp³-hybridized carbons (Fsp3) is 0.308. The van der Waals surface area contributed by atoms with Gasteiger partial charge in [-0.25, -0.2) is 9.18 Å². The molecule has 0 aliphatic rings. The van der Waals surface area contributed by atoms with Crippen molar-refractivity contribution in [1.82, 2.24) is 5.32 Å². The third kappa shape index (κ3) is 5.47. The molecule has 6 nitrogen and oxygen atoms in total. The van der Waals surface area contributed by atoms with Gasteiger partial charge in [-0.3, -0.25) is 14.9 Å². The Morgan fingerprint density at radius 1 is 1.25 bits per heavy atom. The van der Waals surface area contributed by atoms with Gasteiger partial charge in [0.2, 0.25) is 5.91 Å². The number of imide groups is 1. The van der Waals surface area contributed by atoms with E-state index in [0.29, 0.717) is 0 Å². The highest BCUT2D eigenvalue weighted by atomic mass is 19.1. The molecule has 108 valence electrons. The van der Waals surface area contributed by atoms with Crippen molar-refractivity contribution in [1.29, 1.82) is 0 Å². The standard InChI is InChI=1S/C13H15FN2O4/c1-8-5-6-9(14)10(7-8)15-13(20)16-11(17)3-2-4-12(18)19/h5-7H,2-4H2,1H3,(H,18,19)(H2,15,16,17,20). The molecular formula is C13H15FN2O4. The summed E-state index contributed by atoms with van der Waals surface area (Å²) in [5.74, 6) is -2.23. The summed E-state index contributed by atoms with van der Waals surface area (Å²) in [6, 6.07) is 3.34. The molecule has 3 amide bonds. The van der Waals surface area contributed by atoms with Crippen LogP contribution in [0, 0.1) is 12.7 Å². The third-order valence-corrected chi connectivity index (χ3v) is 2.42. The Labute approximate surface area is 115 Å². The number of urea groups is 1. The number of benzene rings is 1. The summed E-state index contributed by atoms with van der Waals surface area (Å²) >= 11 is 0. The first-order valence-electron chi connectivity index (χ1n) is 5.97. The molecule has 0 atom stereocenters. The lowest BCUT2D eigenvalue weighted by Crippen LogP contribution is -2.34. The number of aryl methyl sites for hydroxylation is 1. The second-order valence-electron chi connectivity index (χ2n) is 4.23. The Balaban J connectivity index is 2.45. The number of anilines is 1. The van der Waals surface area contributed by atoms with Crippen molar-refractivity contribution < 1.29 is 23.9 Å². The lowest BCUT2D eigenvalue weighted by molar-refractivity contribution is -0.137. The molecule has 0 bridgehead atoms. The minimum absolute atomic E-state index is 0.0270. The summed E-state index contributed by atoms with van der Waals surface area (Å²) in [6.45, 7) is 1.74. The topological polar surface area (TPSA) is 95.5 Å². The molecule has 0 saturated heterocycles. The molecule has 0 heterocycles. The van der Waals surface area contributed by atoms with E-state index in [1.165, 1.54) is 12.1 Å². The van der Waals surface area contributed by atoms with E-state index < -0.39 is 23.7 Å². The fourth-order valence-electron chi connectivity index (χ4n) is 1.48. The van der Waals surface area contributed by atoms with Crippen molar-refractivity contribution in [3.05, 3.63) is 29.6 Å². The van der Waals surface area contributed by atoms with Crippen LogP contribution in [-0.4, -0.2) is 23.0 Å². The zero-order chi connectivity index (χ0) is 15.1. The SMILES string of the molecule is Cc1ccc(F)c(NC(=O)NC(=O)CCCC(=O)O)c1. The summed E-state index contributed by atoms with van der Waals surface area (Å²) < 4.78 is 13.4. The van der Waals surface area contributed by atoms with E-state index in [-0.39, 0.29) is 24.9 Å². The first-order valence-corrected chi connectivity index (χ1v) is 5.97. The van der Waals surface area contributed by atoms with Gasteiger partial charge in [0.25, 0.3) is 0 Å². The molecule has 20 heavy (non-hydrogen) atoms. The van der Waals surface area contributed by atoms with Crippen molar-refractivity contribution in [2.45, 2.75) is 26.2 Å². The molecule has 1 rings (SSSR count). The van der Waals surface area contributed by atoms with Crippen LogP contribution in [0.25, 0.3) is 0 Å². The van der Waals surface area contributed by atoms with Crippen LogP contribution in [0.5, 0.6) is 0 Å². The average Bonchev–Trinajstić information content (AvgIpc) is 2.33. The summed E-state index contributed by atoms with van der Waals surface area (Å²) in [6.07, 6.45) is -0.106. The molecule has 1 aromatic carbocycles. The second kappa shape index (κ2) is 7.22. The number of rotatable bonds is 5. The Morgan fingerprint density at radius 3 is 2.60 bits per heavy atom. The lowest BCUT2D eigenvalue weighted by atomic mass is 10.2. The highest BCUT2D eigenvalue weighted by Crippen LogP contribution is 2.15. The van der Waals surface area contributed by atoms with Crippen LogP contribution >= 0.6 is 0 Å². The minimum atomic E-state index is -1.01. The Bertz CT molecular complexity index is 531. The van der Waals surface area contributed by atoms with Crippen molar-refractivity contribution in [2.24, 2.45) is 0 Å². The van der Waals surface area contributed by atoms with Gasteiger partial charge in [-0.15, -0.1) is 0 Å². The van der Waals surface area contributed by atoms with E-state index >= 15 is 0 Å². The predicted octanol–water partition coefficient (Wildman–Crippen LogP) is 2.04. The Hall–Kier alpha value is -2.44. The van der Waals surface area contributed by atoms with Gasteiger partial charge >= 0.3 is 12.0 Å². The number of amides is 3. The van der Waals surface area contributed by atoms with Crippen molar-refractivity contribution in [2.75, 3.05) is 5.32 Å². The van der Waals surface area contributed by atoms with Crippen LogP contribution in [0.1, 0.15) is 24.8 Å². The molecule has 0 radical (unpaired) electrons. The molecule has 0 fully saturated rings. The van der Waals surface area contributed by atoms with Crippen LogP contribution in [-0.2, 0) is 9.59 Å². The van der Waals surface area contributed by atoms with E-state index in [4.69, 9.17) is 5.11 Å². The molecule has 0 saturated carbocycles. The molecule has 0 aromatic heterocycles.